The Kier molecular flexibility index (Phi) is 4.33. The van der Waals surface area contributed by atoms with Crippen LogP contribution >= 0.6 is 0 Å². The smallest absolute Gasteiger partial charge is 0.410 e. The van der Waals surface area contributed by atoms with E-state index >= 15 is 0 Å². The Morgan fingerprint density at radius 1 is 1.37 bits per heavy atom. The molecule has 2 aliphatic rings. The minimum absolute atomic E-state index is 0.215. The van der Waals surface area contributed by atoms with Gasteiger partial charge >= 0.3 is 6.09 Å². The predicted molar refractivity (Wildman–Crippen MR) is 71.9 cm³/mol. The molecule has 2 heterocycles. The lowest BCUT2D eigenvalue weighted by atomic mass is 10.1. The summed E-state index contributed by atoms with van der Waals surface area (Å²) in [4.78, 5) is 16.2. The predicted octanol–water partition coefficient (Wildman–Crippen LogP) is 2.29. The van der Waals surface area contributed by atoms with Gasteiger partial charge in [0.25, 0.3) is 0 Å². The maximum absolute atomic E-state index is 12.3. The van der Waals surface area contributed by atoms with Crippen molar-refractivity contribution in [3.8, 4) is 0 Å². The molecule has 2 aliphatic heterocycles. The summed E-state index contributed by atoms with van der Waals surface area (Å²) in [7, 11) is 0. The second kappa shape index (κ2) is 5.65. The topological polar surface area (TPSA) is 32.8 Å². The van der Waals surface area contributed by atoms with Gasteiger partial charge in [-0.3, -0.25) is 9.29 Å². The fourth-order valence-corrected chi connectivity index (χ4v) is 3.06. The first-order chi connectivity index (χ1) is 8.90. The second-order valence-corrected chi connectivity index (χ2v) is 6.58. The van der Waals surface area contributed by atoms with E-state index in [1.807, 2.05) is 25.7 Å². The average molecular weight is 272 g/mol. The molecule has 2 saturated heterocycles. The van der Waals surface area contributed by atoms with Crippen LogP contribution in [-0.4, -0.2) is 60.4 Å². The molecule has 4 nitrogen and oxygen atoms in total. The molecule has 0 aromatic heterocycles. The van der Waals surface area contributed by atoms with Gasteiger partial charge in [-0.05, 0) is 46.1 Å². The molecule has 2 rings (SSSR count). The third-order valence-electron chi connectivity index (χ3n) is 3.89. The van der Waals surface area contributed by atoms with Crippen molar-refractivity contribution in [3.63, 3.8) is 0 Å². The number of carbonyl (C=O) groups excluding carboxylic acids is 1. The van der Waals surface area contributed by atoms with Gasteiger partial charge in [0.15, 0.2) is 0 Å². The van der Waals surface area contributed by atoms with Gasteiger partial charge in [-0.2, -0.15) is 0 Å². The molecule has 1 amide bonds. The molecule has 5 heteroatoms. The van der Waals surface area contributed by atoms with Crippen LogP contribution < -0.4 is 0 Å². The molecule has 0 N–H and O–H groups in total. The largest absolute Gasteiger partial charge is 0.444 e. The number of alkyl halides is 1. The first kappa shape index (κ1) is 14.6. The molecular formula is C14H25FN2O2. The molecule has 0 aliphatic carbocycles. The Hall–Kier alpha value is -0.840. The maximum atomic E-state index is 12.3. The highest BCUT2D eigenvalue weighted by Gasteiger charge is 2.43. The molecule has 0 saturated carbocycles. The standard InChI is InChI=1S/C14H25FN2O2/c1-14(2,3)19-13(18)17-9-11-5-8-16(7-4-6-15)12(11)10-17/h11-12H,4-10H2,1-3H3. The Balaban J connectivity index is 1.87. The number of nitrogens with zero attached hydrogens (tertiary/aromatic N) is 2. The van der Waals surface area contributed by atoms with Crippen molar-refractivity contribution in [1.29, 1.82) is 0 Å². The van der Waals surface area contributed by atoms with Gasteiger partial charge in [-0.1, -0.05) is 0 Å². The Bertz CT molecular complexity index is 330. The van der Waals surface area contributed by atoms with Crippen LogP contribution in [0.4, 0.5) is 9.18 Å². The molecule has 2 fully saturated rings. The lowest BCUT2D eigenvalue weighted by Gasteiger charge is -2.26. The van der Waals surface area contributed by atoms with Gasteiger partial charge in [0, 0.05) is 25.7 Å². The van der Waals surface area contributed by atoms with Gasteiger partial charge in [0.05, 0.1) is 6.67 Å². The van der Waals surface area contributed by atoms with Gasteiger partial charge in [0.1, 0.15) is 5.60 Å². The van der Waals surface area contributed by atoms with Gasteiger partial charge in [-0.25, -0.2) is 4.79 Å². The van der Waals surface area contributed by atoms with Crippen LogP contribution in [0.25, 0.3) is 0 Å². The Morgan fingerprint density at radius 2 is 2.11 bits per heavy atom. The van der Waals surface area contributed by atoms with E-state index in [9.17, 15) is 9.18 Å². The summed E-state index contributed by atoms with van der Waals surface area (Å²) in [6.07, 6.45) is 1.48. The zero-order chi connectivity index (χ0) is 14.0. The van der Waals surface area contributed by atoms with E-state index in [-0.39, 0.29) is 12.8 Å². The van der Waals surface area contributed by atoms with E-state index in [4.69, 9.17) is 4.74 Å². The summed E-state index contributed by atoms with van der Waals surface area (Å²) in [5.74, 6) is 0.534. The van der Waals surface area contributed by atoms with Crippen LogP contribution in [-0.2, 0) is 4.74 Å². The number of rotatable bonds is 3. The van der Waals surface area contributed by atoms with Crippen LogP contribution in [0.5, 0.6) is 0 Å². The number of ether oxygens (including phenoxy) is 1. The van der Waals surface area contributed by atoms with Crippen LogP contribution in [0.3, 0.4) is 0 Å². The first-order valence-electron chi connectivity index (χ1n) is 7.18. The number of amides is 1. The van der Waals surface area contributed by atoms with E-state index in [2.05, 4.69) is 4.90 Å². The molecule has 0 bridgehead atoms. The molecule has 0 spiro atoms. The third kappa shape index (κ3) is 3.59. The minimum Gasteiger partial charge on any atom is -0.444 e. The maximum Gasteiger partial charge on any atom is 0.410 e. The van der Waals surface area contributed by atoms with Crippen LogP contribution in [0.15, 0.2) is 0 Å². The number of hydrogen-bond donors (Lipinski definition) is 0. The molecule has 0 aromatic carbocycles. The zero-order valence-electron chi connectivity index (χ0n) is 12.2. The normalized spacial score (nSPS) is 27.7. The third-order valence-corrected chi connectivity index (χ3v) is 3.89. The van der Waals surface area contributed by atoms with Crippen molar-refractivity contribution in [2.24, 2.45) is 5.92 Å². The molecule has 19 heavy (non-hydrogen) atoms. The summed E-state index contributed by atoms with van der Waals surface area (Å²) in [6, 6.07) is 0.402. The first-order valence-corrected chi connectivity index (χ1v) is 7.18. The van der Waals surface area contributed by atoms with Gasteiger partial charge in [0.2, 0.25) is 0 Å². The summed E-state index contributed by atoms with van der Waals surface area (Å²) >= 11 is 0. The van der Waals surface area contributed by atoms with Gasteiger partial charge in [-0.15, -0.1) is 0 Å². The summed E-state index contributed by atoms with van der Waals surface area (Å²) in [5, 5.41) is 0. The fourth-order valence-electron chi connectivity index (χ4n) is 3.06. The molecule has 110 valence electrons. The van der Waals surface area contributed by atoms with Crippen molar-refractivity contribution in [1.82, 2.24) is 9.80 Å². The minimum atomic E-state index is -0.442. The second-order valence-electron chi connectivity index (χ2n) is 6.58. The Morgan fingerprint density at radius 3 is 2.74 bits per heavy atom. The SMILES string of the molecule is CC(C)(C)OC(=O)N1CC2CCN(CCCF)C2C1. The summed E-state index contributed by atoms with van der Waals surface area (Å²) < 4.78 is 17.7. The fraction of sp³-hybridized carbons (Fsp3) is 0.929. The van der Waals surface area contributed by atoms with Crippen molar-refractivity contribution in [2.75, 3.05) is 32.9 Å². The molecule has 0 aromatic rings. The Labute approximate surface area is 114 Å². The number of hydrogen-bond acceptors (Lipinski definition) is 3. The number of carbonyl (C=O) groups is 1. The zero-order valence-corrected chi connectivity index (χ0v) is 12.2. The average Bonchev–Trinajstić information content (AvgIpc) is 2.84. The lowest BCUT2D eigenvalue weighted by Crippen LogP contribution is -2.39. The van der Waals surface area contributed by atoms with E-state index < -0.39 is 5.60 Å². The van der Waals surface area contributed by atoms with Crippen molar-refractivity contribution < 1.29 is 13.9 Å². The van der Waals surface area contributed by atoms with E-state index in [0.717, 1.165) is 32.6 Å². The van der Waals surface area contributed by atoms with Gasteiger partial charge < -0.3 is 9.64 Å². The highest BCUT2D eigenvalue weighted by molar-refractivity contribution is 5.68. The number of likely N-dealkylation sites (tertiary alicyclic amines) is 2. The highest BCUT2D eigenvalue weighted by atomic mass is 19.1. The molecule has 2 unspecified atom stereocenters. The highest BCUT2D eigenvalue weighted by Crippen LogP contribution is 2.32. The number of halogens is 1. The number of fused-ring (bicyclic) bond motifs is 1. The van der Waals surface area contributed by atoms with Crippen molar-refractivity contribution >= 4 is 6.09 Å². The van der Waals surface area contributed by atoms with Crippen molar-refractivity contribution in [2.45, 2.75) is 45.3 Å². The van der Waals surface area contributed by atoms with E-state index in [1.54, 1.807) is 0 Å². The quantitative estimate of drug-likeness (QED) is 0.790. The van der Waals surface area contributed by atoms with E-state index in [0.29, 0.717) is 18.4 Å². The summed E-state index contributed by atoms with van der Waals surface area (Å²) in [5.41, 5.74) is -0.442. The van der Waals surface area contributed by atoms with E-state index in [1.165, 1.54) is 0 Å². The van der Waals surface area contributed by atoms with Crippen molar-refractivity contribution in [3.05, 3.63) is 0 Å². The van der Waals surface area contributed by atoms with Crippen LogP contribution in [0.2, 0.25) is 0 Å². The monoisotopic (exact) mass is 272 g/mol. The van der Waals surface area contributed by atoms with Crippen LogP contribution in [0, 0.1) is 5.92 Å². The lowest BCUT2D eigenvalue weighted by molar-refractivity contribution is 0.0272. The van der Waals surface area contributed by atoms with Crippen LogP contribution in [0.1, 0.15) is 33.6 Å². The molecule has 0 radical (unpaired) electrons. The molecular weight excluding hydrogens is 247 g/mol. The molecule has 2 atom stereocenters. The summed E-state index contributed by atoms with van der Waals surface area (Å²) in [6.45, 7) is 8.75.